The van der Waals surface area contributed by atoms with Gasteiger partial charge in [0, 0.05) is 24.4 Å². The molecule has 1 rings (SSSR count). The first-order valence-corrected chi connectivity index (χ1v) is 6.36. The Kier molecular flexibility index (Phi) is 5.76. The predicted molar refractivity (Wildman–Crippen MR) is 74.2 cm³/mol. The first-order valence-electron chi connectivity index (χ1n) is 6.36. The molecule has 1 unspecified atom stereocenters. The summed E-state index contributed by atoms with van der Waals surface area (Å²) < 4.78 is 5.26. The number of nitro groups is 1. The van der Waals surface area contributed by atoms with E-state index in [4.69, 9.17) is 9.84 Å². The maximum Gasteiger partial charge on any atom is 0.308 e. The molecule has 0 spiro atoms. The van der Waals surface area contributed by atoms with E-state index in [0.29, 0.717) is 24.5 Å². The first kappa shape index (κ1) is 15.7. The van der Waals surface area contributed by atoms with Gasteiger partial charge in [0.15, 0.2) is 0 Å². The quantitative estimate of drug-likeness (QED) is 0.561. The van der Waals surface area contributed by atoms with E-state index in [0.717, 1.165) is 0 Å². The molecule has 0 bridgehead atoms. The molecular weight excluding hydrogens is 264 g/mol. The Labute approximate surface area is 116 Å². The van der Waals surface area contributed by atoms with E-state index in [9.17, 15) is 14.9 Å². The molecule has 1 atom stereocenters. The van der Waals surface area contributed by atoms with Crippen LogP contribution in [0.5, 0.6) is 5.75 Å². The molecule has 0 fully saturated rings. The minimum atomic E-state index is -0.893. The molecule has 0 aliphatic carbocycles. The monoisotopic (exact) mass is 282 g/mol. The van der Waals surface area contributed by atoms with E-state index < -0.39 is 16.8 Å². The standard InChI is InChI=1S/C13H18N2O5/c1-3-9(13(16)17)8-14-10-5-11(15(18)19)7-12(6-10)20-4-2/h5-7,9,14H,3-4,8H2,1-2H3,(H,16,17). The SMILES string of the molecule is CCOc1cc(NCC(CC)C(=O)O)cc([N+](=O)[O-])c1. The summed E-state index contributed by atoms with van der Waals surface area (Å²) in [5, 5.41) is 22.7. The number of nitrogens with zero attached hydrogens (tertiary/aromatic N) is 1. The summed E-state index contributed by atoms with van der Waals surface area (Å²) in [6.07, 6.45) is 0.482. The Hall–Kier alpha value is -2.31. The van der Waals surface area contributed by atoms with Crippen LogP contribution in [0.15, 0.2) is 18.2 Å². The van der Waals surface area contributed by atoms with Gasteiger partial charge in [0.1, 0.15) is 5.75 Å². The van der Waals surface area contributed by atoms with Crippen LogP contribution in [0.3, 0.4) is 0 Å². The van der Waals surface area contributed by atoms with Crippen LogP contribution in [-0.4, -0.2) is 29.2 Å². The fraction of sp³-hybridized carbons (Fsp3) is 0.462. The Morgan fingerprint density at radius 2 is 2.15 bits per heavy atom. The summed E-state index contributed by atoms with van der Waals surface area (Å²) in [4.78, 5) is 21.3. The lowest BCUT2D eigenvalue weighted by molar-refractivity contribution is -0.384. The van der Waals surface area contributed by atoms with Gasteiger partial charge in [0.2, 0.25) is 0 Å². The zero-order chi connectivity index (χ0) is 15.1. The number of carbonyl (C=O) groups is 1. The summed E-state index contributed by atoms with van der Waals surface area (Å²) in [6.45, 7) is 4.16. The maximum atomic E-state index is 10.9. The van der Waals surface area contributed by atoms with E-state index in [1.807, 2.05) is 0 Å². The molecule has 1 aromatic carbocycles. The summed E-state index contributed by atoms with van der Waals surface area (Å²) in [5.74, 6) is -1.05. The van der Waals surface area contributed by atoms with E-state index in [1.165, 1.54) is 12.1 Å². The molecule has 1 aromatic rings. The van der Waals surface area contributed by atoms with Crippen LogP contribution < -0.4 is 10.1 Å². The molecule has 7 nitrogen and oxygen atoms in total. The van der Waals surface area contributed by atoms with Crippen LogP contribution in [0.25, 0.3) is 0 Å². The van der Waals surface area contributed by atoms with Crippen LogP contribution in [0.2, 0.25) is 0 Å². The maximum absolute atomic E-state index is 10.9. The molecule has 110 valence electrons. The van der Waals surface area contributed by atoms with Gasteiger partial charge < -0.3 is 15.2 Å². The average Bonchev–Trinajstić information content (AvgIpc) is 2.39. The summed E-state index contributed by atoms with van der Waals surface area (Å²) >= 11 is 0. The summed E-state index contributed by atoms with van der Waals surface area (Å²) in [5.41, 5.74) is 0.379. The summed E-state index contributed by atoms with van der Waals surface area (Å²) in [7, 11) is 0. The Balaban J connectivity index is 2.87. The van der Waals surface area contributed by atoms with Crippen molar-refractivity contribution in [3.8, 4) is 5.75 Å². The number of anilines is 1. The van der Waals surface area contributed by atoms with Gasteiger partial charge in [-0.1, -0.05) is 6.92 Å². The van der Waals surface area contributed by atoms with E-state index in [-0.39, 0.29) is 12.2 Å². The number of hydrogen-bond donors (Lipinski definition) is 2. The predicted octanol–water partition coefficient (Wildman–Crippen LogP) is 2.52. The number of benzene rings is 1. The van der Waals surface area contributed by atoms with Crippen molar-refractivity contribution in [2.45, 2.75) is 20.3 Å². The van der Waals surface area contributed by atoms with E-state index in [1.54, 1.807) is 19.9 Å². The summed E-state index contributed by atoms with van der Waals surface area (Å²) in [6, 6.07) is 4.31. The Morgan fingerprint density at radius 1 is 1.45 bits per heavy atom. The highest BCUT2D eigenvalue weighted by Crippen LogP contribution is 2.26. The largest absolute Gasteiger partial charge is 0.494 e. The van der Waals surface area contributed by atoms with Crippen LogP contribution in [0.4, 0.5) is 11.4 Å². The molecule has 0 saturated carbocycles. The zero-order valence-electron chi connectivity index (χ0n) is 11.5. The minimum absolute atomic E-state index is 0.0955. The van der Waals surface area contributed by atoms with Gasteiger partial charge in [0.05, 0.1) is 23.5 Å². The van der Waals surface area contributed by atoms with Crippen molar-refractivity contribution in [1.29, 1.82) is 0 Å². The fourth-order valence-electron chi connectivity index (χ4n) is 1.69. The van der Waals surface area contributed by atoms with Crippen molar-refractivity contribution in [1.82, 2.24) is 0 Å². The number of rotatable bonds is 8. The fourth-order valence-corrected chi connectivity index (χ4v) is 1.69. The van der Waals surface area contributed by atoms with Crippen molar-refractivity contribution < 1.29 is 19.6 Å². The number of ether oxygens (including phenoxy) is 1. The van der Waals surface area contributed by atoms with Crippen molar-refractivity contribution in [2.24, 2.45) is 5.92 Å². The van der Waals surface area contributed by atoms with Crippen LogP contribution in [0, 0.1) is 16.0 Å². The molecule has 0 aliphatic rings. The second-order valence-electron chi connectivity index (χ2n) is 4.23. The number of carboxylic acids is 1. The Bertz CT molecular complexity index is 490. The smallest absolute Gasteiger partial charge is 0.308 e. The van der Waals surface area contributed by atoms with Crippen molar-refractivity contribution in [3.63, 3.8) is 0 Å². The van der Waals surface area contributed by atoms with Gasteiger partial charge >= 0.3 is 5.97 Å². The van der Waals surface area contributed by atoms with Crippen LogP contribution >= 0.6 is 0 Å². The topological polar surface area (TPSA) is 102 Å². The van der Waals surface area contributed by atoms with Gasteiger partial charge in [-0.3, -0.25) is 14.9 Å². The van der Waals surface area contributed by atoms with E-state index >= 15 is 0 Å². The first-order chi connectivity index (χ1) is 9.47. The van der Waals surface area contributed by atoms with Gasteiger partial charge in [0.25, 0.3) is 5.69 Å². The number of aliphatic carboxylic acids is 1. The molecule has 0 radical (unpaired) electrons. The van der Waals surface area contributed by atoms with Crippen molar-refractivity contribution in [3.05, 3.63) is 28.3 Å². The number of hydrogen-bond acceptors (Lipinski definition) is 5. The average molecular weight is 282 g/mol. The molecule has 0 aromatic heterocycles. The minimum Gasteiger partial charge on any atom is -0.494 e. The lowest BCUT2D eigenvalue weighted by Crippen LogP contribution is -2.22. The molecule has 0 aliphatic heterocycles. The molecular formula is C13H18N2O5. The second-order valence-corrected chi connectivity index (χ2v) is 4.23. The third-order valence-corrected chi connectivity index (χ3v) is 2.81. The van der Waals surface area contributed by atoms with Gasteiger partial charge in [-0.2, -0.15) is 0 Å². The molecule has 0 saturated heterocycles. The van der Waals surface area contributed by atoms with Crippen molar-refractivity contribution >= 4 is 17.3 Å². The highest BCUT2D eigenvalue weighted by molar-refractivity contribution is 5.71. The highest BCUT2D eigenvalue weighted by atomic mass is 16.6. The number of nitrogens with one attached hydrogen (secondary N) is 1. The zero-order valence-corrected chi connectivity index (χ0v) is 11.5. The number of nitro benzene ring substituents is 1. The van der Waals surface area contributed by atoms with Gasteiger partial charge in [-0.05, 0) is 13.3 Å². The molecule has 0 amide bonds. The molecule has 20 heavy (non-hydrogen) atoms. The Morgan fingerprint density at radius 3 is 2.65 bits per heavy atom. The molecule has 7 heteroatoms. The van der Waals surface area contributed by atoms with E-state index in [2.05, 4.69) is 5.32 Å². The second kappa shape index (κ2) is 7.32. The highest BCUT2D eigenvalue weighted by Gasteiger charge is 2.16. The van der Waals surface area contributed by atoms with Crippen LogP contribution in [0.1, 0.15) is 20.3 Å². The molecule has 0 heterocycles. The van der Waals surface area contributed by atoms with Gasteiger partial charge in [-0.25, -0.2) is 0 Å². The van der Waals surface area contributed by atoms with Crippen LogP contribution in [-0.2, 0) is 4.79 Å². The number of carboxylic acid groups (broad SMARTS) is 1. The third-order valence-electron chi connectivity index (χ3n) is 2.81. The number of non-ortho nitro benzene ring substituents is 1. The lowest BCUT2D eigenvalue weighted by atomic mass is 10.1. The molecule has 2 N–H and O–H groups in total. The third kappa shape index (κ3) is 4.42. The normalized spacial score (nSPS) is 11.7. The lowest BCUT2D eigenvalue weighted by Gasteiger charge is -2.13. The van der Waals surface area contributed by atoms with Gasteiger partial charge in [-0.15, -0.1) is 0 Å². The van der Waals surface area contributed by atoms with Crippen molar-refractivity contribution in [2.75, 3.05) is 18.5 Å².